The Morgan fingerprint density at radius 1 is 0.161 bits per heavy atom. The Labute approximate surface area is 287 Å². The lowest BCUT2D eigenvalue weighted by atomic mass is 9.87. The van der Waals surface area contributed by atoms with E-state index >= 15 is 0 Å². The average molecular weight is 908 g/mol. The van der Waals surface area contributed by atoms with Crippen LogP contribution in [0.4, 0.5) is 140 Å². The number of hydrogen-bond donors (Lipinski definition) is 0. The number of rotatable bonds is 18. The van der Waals surface area contributed by atoms with Crippen LogP contribution >= 0.6 is 0 Å². The maximum Gasteiger partial charge on any atom is 0.385 e. The van der Waals surface area contributed by atoms with Crippen LogP contribution in [0.2, 0.25) is 0 Å². The van der Waals surface area contributed by atoms with E-state index in [0.29, 0.717) is 0 Å². The smallest absolute Gasteiger partial charge is 0.195 e. The van der Waals surface area contributed by atoms with Gasteiger partial charge in [-0.1, -0.05) is 26.3 Å². The van der Waals surface area contributed by atoms with Crippen LogP contribution in [0.1, 0.15) is 0 Å². The zero-order valence-corrected chi connectivity index (χ0v) is 25.2. The molecular weight excluding hydrogens is 896 g/mol. The minimum atomic E-state index is -8.40. The molecule has 0 radical (unpaired) electrons. The number of halogens is 32. The van der Waals surface area contributed by atoms with Gasteiger partial charge in [0.1, 0.15) is 0 Å². The summed E-state index contributed by atoms with van der Waals surface area (Å²) in [5, 5.41) is 0. The van der Waals surface area contributed by atoms with Crippen molar-refractivity contribution in [1.82, 2.24) is 0 Å². The van der Waals surface area contributed by atoms with Gasteiger partial charge < -0.3 is 0 Å². The van der Waals surface area contributed by atoms with Gasteiger partial charge in [0.05, 0.1) is 0 Å². The fourth-order valence-electron chi connectivity index (χ4n) is 2.93. The van der Waals surface area contributed by atoms with Gasteiger partial charge in [0.25, 0.3) is 0 Å². The quantitative estimate of drug-likeness (QED) is 0.0950. The molecule has 0 aliphatic carbocycles. The first kappa shape index (κ1) is 54.8. The SMILES string of the molecule is C=CC(F)(F)C(F)(F)C(F)(F)C(F)(F)C(F)(F)C(F)(F)C(F)(F)C(F)(F)C=C.C=CC(F)(F)C(F)(F)C(F)(F)C(F)(F)C(F)(F)C(F)(F)C(F)(F)C(F)(F)C=C. The molecule has 56 heavy (non-hydrogen) atoms. The van der Waals surface area contributed by atoms with E-state index in [9.17, 15) is 140 Å². The van der Waals surface area contributed by atoms with Crippen molar-refractivity contribution in [3.63, 3.8) is 0 Å². The predicted octanol–water partition coefficient (Wildman–Crippen LogP) is 12.9. The van der Waals surface area contributed by atoms with Gasteiger partial charge in [0.2, 0.25) is 0 Å². The van der Waals surface area contributed by atoms with Crippen molar-refractivity contribution in [1.29, 1.82) is 0 Å². The molecule has 0 aromatic rings. The summed E-state index contributed by atoms with van der Waals surface area (Å²) < 4.78 is 417. The van der Waals surface area contributed by atoms with Gasteiger partial charge in [0, 0.05) is 0 Å². The Morgan fingerprint density at radius 3 is 0.304 bits per heavy atom. The van der Waals surface area contributed by atoms with Gasteiger partial charge in [-0.25, -0.2) is 0 Å². The van der Waals surface area contributed by atoms with Crippen LogP contribution in [0.25, 0.3) is 0 Å². The molecule has 0 atom stereocenters. The third kappa shape index (κ3) is 6.91. The van der Waals surface area contributed by atoms with Crippen molar-refractivity contribution in [2.45, 2.75) is 94.8 Å². The third-order valence-electron chi connectivity index (χ3n) is 6.64. The topological polar surface area (TPSA) is 0 Å². The van der Waals surface area contributed by atoms with Crippen LogP contribution in [0.15, 0.2) is 50.6 Å². The summed E-state index contributed by atoms with van der Waals surface area (Å²) in [5.41, 5.74) is 0. The lowest BCUT2D eigenvalue weighted by Crippen LogP contribution is -2.74. The van der Waals surface area contributed by atoms with Crippen molar-refractivity contribution >= 4 is 0 Å². The average Bonchev–Trinajstić information content (AvgIpc) is 3.03. The normalized spacial score (nSPS) is 16.1. The first-order chi connectivity index (χ1) is 23.7. The first-order valence-electron chi connectivity index (χ1n) is 12.3. The van der Waals surface area contributed by atoms with Gasteiger partial charge in [-0.05, 0) is 24.3 Å². The van der Waals surface area contributed by atoms with Crippen molar-refractivity contribution in [3.8, 4) is 0 Å². The Hall–Kier alpha value is -3.28. The molecule has 0 amide bonds. The Kier molecular flexibility index (Phi) is 13.9. The van der Waals surface area contributed by atoms with Crippen LogP contribution in [0.3, 0.4) is 0 Å². The van der Waals surface area contributed by atoms with E-state index in [0.717, 1.165) is 0 Å². The van der Waals surface area contributed by atoms with Crippen LogP contribution in [-0.2, 0) is 0 Å². The minimum Gasteiger partial charge on any atom is -0.195 e. The zero-order valence-electron chi connectivity index (χ0n) is 25.2. The maximum atomic E-state index is 13.2. The molecule has 0 N–H and O–H groups in total. The van der Waals surface area contributed by atoms with Gasteiger partial charge in [-0.2, -0.15) is 140 Å². The molecule has 32 heteroatoms. The Bertz CT molecular complexity index is 1230. The second kappa shape index (κ2) is 14.2. The molecule has 0 aliphatic heterocycles. The zero-order chi connectivity index (χ0) is 46.8. The predicted molar refractivity (Wildman–Crippen MR) is 120 cm³/mol. The van der Waals surface area contributed by atoms with Crippen molar-refractivity contribution in [2.75, 3.05) is 0 Å². The molecule has 0 saturated heterocycles. The van der Waals surface area contributed by atoms with E-state index in [1.165, 1.54) is 0 Å². The van der Waals surface area contributed by atoms with Crippen molar-refractivity contribution in [3.05, 3.63) is 50.6 Å². The van der Waals surface area contributed by atoms with Crippen LogP contribution < -0.4 is 0 Å². The highest BCUT2D eigenvalue weighted by Crippen LogP contribution is 2.66. The summed E-state index contributed by atoms with van der Waals surface area (Å²) in [4.78, 5) is 0. The van der Waals surface area contributed by atoms with Gasteiger partial charge in [0.15, 0.2) is 0 Å². The lowest BCUT2D eigenvalue weighted by molar-refractivity contribution is -0.448. The summed E-state index contributed by atoms with van der Waals surface area (Å²) in [6.07, 6.45) is -5.80. The second-order valence-corrected chi connectivity index (χ2v) is 10.2. The van der Waals surface area contributed by atoms with E-state index in [2.05, 4.69) is 0 Å². The molecule has 0 aromatic carbocycles. The molecule has 0 saturated carbocycles. The van der Waals surface area contributed by atoms with Gasteiger partial charge >= 0.3 is 94.8 Å². The Balaban J connectivity index is 0. The maximum absolute atomic E-state index is 13.2. The van der Waals surface area contributed by atoms with E-state index in [-0.39, 0.29) is 0 Å². The first-order valence-corrected chi connectivity index (χ1v) is 12.3. The molecule has 0 bridgehead atoms. The van der Waals surface area contributed by atoms with Crippen LogP contribution in [0, 0.1) is 0 Å². The molecular formula is C24H12F32. The Morgan fingerprint density at radius 2 is 0.232 bits per heavy atom. The third-order valence-corrected chi connectivity index (χ3v) is 6.64. The van der Waals surface area contributed by atoms with E-state index < -0.39 is 119 Å². The fourth-order valence-corrected chi connectivity index (χ4v) is 2.93. The van der Waals surface area contributed by atoms with E-state index in [1.807, 2.05) is 26.3 Å². The van der Waals surface area contributed by atoms with Crippen LogP contribution in [-0.4, -0.2) is 94.8 Å². The minimum absolute atomic E-state index is 1.45. The molecule has 0 unspecified atom stereocenters. The molecule has 332 valence electrons. The second-order valence-electron chi connectivity index (χ2n) is 10.2. The monoisotopic (exact) mass is 908 g/mol. The molecule has 0 rings (SSSR count). The summed E-state index contributed by atoms with van der Waals surface area (Å²) in [6.45, 7) is 7.25. The van der Waals surface area contributed by atoms with Crippen molar-refractivity contribution < 1.29 is 140 Å². The lowest BCUT2D eigenvalue weighted by Gasteiger charge is -2.43. The van der Waals surface area contributed by atoms with Gasteiger partial charge in [-0.15, -0.1) is 0 Å². The largest absolute Gasteiger partial charge is 0.385 e. The molecule has 0 spiro atoms. The molecule has 0 fully saturated rings. The summed E-state index contributed by atoms with van der Waals surface area (Å²) in [5.74, 6) is -122. The number of hydrogen-bond acceptors (Lipinski definition) is 0. The summed E-state index contributed by atoms with van der Waals surface area (Å²) in [6, 6.07) is 0. The van der Waals surface area contributed by atoms with Crippen LogP contribution in [0.5, 0.6) is 0 Å². The van der Waals surface area contributed by atoms with Gasteiger partial charge in [-0.3, -0.25) is 0 Å². The highest BCUT2D eigenvalue weighted by atomic mass is 19.4. The number of alkyl halides is 32. The standard InChI is InChI=1S/2C12H6F16/c2*1-3-5(13,14)7(17,18)9(21,22)11(25,26)12(27,28)10(23,24)8(19,20)6(15,16)4-2/h2*3-4H,1-2H2. The molecule has 0 heterocycles. The highest BCUT2D eigenvalue weighted by Gasteiger charge is 2.96. The molecule has 0 aromatic heterocycles. The summed E-state index contributed by atoms with van der Waals surface area (Å²) >= 11 is 0. The molecule has 0 nitrogen and oxygen atoms in total. The summed E-state index contributed by atoms with van der Waals surface area (Å²) in [7, 11) is 0. The van der Waals surface area contributed by atoms with Crippen molar-refractivity contribution in [2.24, 2.45) is 0 Å². The fraction of sp³-hybridized carbons (Fsp3) is 0.667. The van der Waals surface area contributed by atoms with E-state index in [1.54, 1.807) is 0 Å². The van der Waals surface area contributed by atoms with E-state index in [4.69, 9.17) is 0 Å². The number of allylic oxidation sites excluding steroid dienone is 4. The molecule has 0 aliphatic rings. The highest BCUT2D eigenvalue weighted by molar-refractivity contribution is 5.20.